The SMILES string of the molecule is C[C@@H](O)C(=O)N/N=C\c1ccccc1C(F)(F)F. The Morgan fingerprint density at radius 1 is 1.44 bits per heavy atom. The van der Waals surface area contributed by atoms with Crippen LogP contribution < -0.4 is 5.43 Å². The van der Waals surface area contributed by atoms with Crippen LogP contribution in [0.4, 0.5) is 13.2 Å². The molecule has 1 rings (SSSR count). The average Bonchev–Trinajstić information content (AvgIpc) is 2.28. The van der Waals surface area contributed by atoms with Crippen LogP contribution in [-0.2, 0) is 11.0 Å². The zero-order valence-electron chi connectivity index (χ0n) is 9.40. The van der Waals surface area contributed by atoms with Gasteiger partial charge in [-0.25, -0.2) is 5.43 Å². The average molecular weight is 260 g/mol. The van der Waals surface area contributed by atoms with Crippen molar-refractivity contribution in [2.45, 2.75) is 19.2 Å². The monoisotopic (exact) mass is 260 g/mol. The Morgan fingerprint density at radius 3 is 2.61 bits per heavy atom. The number of benzene rings is 1. The van der Waals surface area contributed by atoms with Crippen LogP contribution in [0.3, 0.4) is 0 Å². The van der Waals surface area contributed by atoms with E-state index in [9.17, 15) is 18.0 Å². The number of hydrazone groups is 1. The number of rotatable bonds is 3. The van der Waals surface area contributed by atoms with Gasteiger partial charge in [-0.05, 0) is 13.0 Å². The zero-order chi connectivity index (χ0) is 13.8. The first-order valence-corrected chi connectivity index (χ1v) is 4.99. The molecule has 0 unspecified atom stereocenters. The second-order valence-corrected chi connectivity index (χ2v) is 3.50. The van der Waals surface area contributed by atoms with Crippen LogP contribution in [0.5, 0.6) is 0 Å². The predicted molar refractivity (Wildman–Crippen MR) is 58.9 cm³/mol. The van der Waals surface area contributed by atoms with Crippen LogP contribution >= 0.6 is 0 Å². The molecule has 0 aliphatic heterocycles. The quantitative estimate of drug-likeness (QED) is 0.639. The lowest BCUT2D eigenvalue weighted by Gasteiger charge is -2.09. The summed E-state index contributed by atoms with van der Waals surface area (Å²) in [7, 11) is 0. The highest BCUT2D eigenvalue weighted by Gasteiger charge is 2.32. The summed E-state index contributed by atoms with van der Waals surface area (Å²) in [6.45, 7) is 1.22. The van der Waals surface area contributed by atoms with Crippen molar-refractivity contribution in [2.75, 3.05) is 0 Å². The fourth-order valence-electron chi connectivity index (χ4n) is 1.13. The molecular formula is C11H11F3N2O2. The number of alkyl halides is 3. The molecule has 1 amide bonds. The number of aliphatic hydroxyl groups excluding tert-OH is 1. The number of carbonyl (C=O) groups is 1. The maximum absolute atomic E-state index is 12.6. The van der Waals surface area contributed by atoms with Crippen molar-refractivity contribution in [1.82, 2.24) is 5.43 Å². The lowest BCUT2D eigenvalue weighted by Crippen LogP contribution is -2.28. The summed E-state index contributed by atoms with van der Waals surface area (Å²) in [5.41, 5.74) is 0.905. The van der Waals surface area contributed by atoms with Gasteiger partial charge in [-0.3, -0.25) is 4.79 Å². The molecule has 1 aromatic carbocycles. The van der Waals surface area contributed by atoms with E-state index in [1.807, 2.05) is 5.43 Å². The Morgan fingerprint density at radius 2 is 2.06 bits per heavy atom. The van der Waals surface area contributed by atoms with E-state index < -0.39 is 23.8 Å². The summed E-state index contributed by atoms with van der Waals surface area (Å²) in [4.78, 5) is 10.9. The first-order chi connectivity index (χ1) is 8.32. The summed E-state index contributed by atoms with van der Waals surface area (Å²) < 4.78 is 37.7. The standard InChI is InChI=1S/C11H11F3N2O2/c1-7(17)10(18)16-15-6-8-4-2-3-5-9(8)11(12,13)14/h2-7,17H,1H3,(H,16,18)/b15-6-/t7-/m1/s1. The minimum Gasteiger partial charge on any atom is -0.383 e. The van der Waals surface area contributed by atoms with Crippen LogP contribution in [0.25, 0.3) is 0 Å². The minimum absolute atomic E-state index is 0.170. The Kier molecular flexibility index (Phi) is 4.43. The number of aliphatic hydroxyl groups is 1. The van der Waals surface area contributed by atoms with E-state index in [4.69, 9.17) is 5.11 Å². The third-order valence-corrected chi connectivity index (χ3v) is 2.02. The highest BCUT2D eigenvalue weighted by molar-refractivity contribution is 5.85. The van der Waals surface area contributed by atoms with E-state index in [2.05, 4.69) is 5.10 Å². The molecule has 7 heteroatoms. The summed E-state index contributed by atoms with van der Waals surface area (Å²) in [6.07, 6.45) is -4.89. The summed E-state index contributed by atoms with van der Waals surface area (Å²) >= 11 is 0. The van der Waals surface area contributed by atoms with Gasteiger partial charge in [0.05, 0.1) is 11.8 Å². The molecule has 0 saturated carbocycles. The second kappa shape index (κ2) is 5.63. The van der Waals surface area contributed by atoms with Crippen LogP contribution in [0.1, 0.15) is 18.1 Å². The highest BCUT2D eigenvalue weighted by atomic mass is 19.4. The van der Waals surface area contributed by atoms with Gasteiger partial charge in [0.15, 0.2) is 0 Å². The molecule has 0 fully saturated rings. The van der Waals surface area contributed by atoms with Crippen molar-refractivity contribution >= 4 is 12.1 Å². The van der Waals surface area contributed by atoms with Gasteiger partial charge in [-0.1, -0.05) is 18.2 Å². The molecule has 0 saturated heterocycles. The third-order valence-electron chi connectivity index (χ3n) is 2.02. The minimum atomic E-state index is -4.49. The Hall–Kier alpha value is -1.89. The first kappa shape index (κ1) is 14.2. The van der Waals surface area contributed by atoms with Gasteiger partial charge in [-0.15, -0.1) is 0 Å². The molecule has 98 valence electrons. The number of hydrogen-bond acceptors (Lipinski definition) is 3. The molecular weight excluding hydrogens is 249 g/mol. The molecule has 0 radical (unpaired) electrons. The summed E-state index contributed by atoms with van der Waals surface area (Å²) in [5.74, 6) is -0.796. The molecule has 2 N–H and O–H groups in total. The van der Waals surface area contributed by atoms with Crippen molar-refractivity contribution in [3.8, 4) is 0 Å². The number of nitrogens with zero attached hydrogens (tertiary/aromatic N) is 1. The lowest BCUT2D eigenvalue weighted by molar-refractivity contribution is -0.137. The number of nitrogens with one attached hydrogen (secondary N) is 1. The fraction of sp³-hybridized carbons (Fsp3) is 0.273. The van der Waals surface area contributed by atoms with E-state index in [1.165, 1.54) is 25.1 Å². The van der Waals surface area contributed by atoms with Gasteiger partial charge in [0, 0.05) is 5.56 Å². The smallest absolute Gasteiger partial charge is 0.383 e. The Balaban J connectivity index is 2.85. The first-order valence-electron chi connectivity index (χ1n) is 4.99. The van der Waals surface area contributed by atoms with E-state index in [0.29, 0.717) is 0 Å². The molecule has 1 aromatic rings. The van der Waals surface area contributed by atoms with Crippen molar-refractivity contribution < 1.29 is 23.1 Å². The van der Waals surface area contributed by atoms with Crippen molar-refractivity contribution in [3.63, 3.8) is 0 Å². The molecule has 0 bridgehead atoms. The zero-order valence-corrected chi connectivity index (χ0v) is 9.40. The topological polar surface area (TPSA) is 61.7 Å². The Bertz CT molecular complexity index is 456. The van der Waals surface area contributed by atoms with Gasteiger partial charge in [0.25, 0.3) is 5.91 Å². The second-order valence-electron chi connectivity index (χ2n) is 3.50. The molecule has 0 spiro atoms. The van der Waals surface area contributed by atoms with Crippen molar-refractivity contribution in [2.24, 2.45) is 5.10 Å². The highest BCUT2D eigenvalue weighted by Crippen LogP contribution is 2.30. The maximum atomic E-state index is 12.6. The largest absolute Gasteiger partial charge is 0.417 e. The Labute approximate surface area is 101 Å². The summed E-state index contributed by atoms with van der Waals surface area (Å²) in [5, 5.41) is 12.2. The van der Waals surface area contributed by atoms with Gasteiger partial charge in [0.2, 0.25) is 0 Å². The van der Waals surface area contributed by atoms with Gasteiger partial charge in [-0.2, -0.15) is 18.3 Å². The third kappa shape index (κ3) is 3.85. The number of carbonyl (C=O) groups excluding carboxylic acids is 1. The molecule has 0 heterocycles. The number of hydrogen-bond donors (Lipinski definition) is 2. The van der Waals surface area contributed by atoms with E-state index >= 15 is 0 Å². The predicted octanol–water partition coefficient (Wildman–Crippen LogP) is 1.54. The van der Waals surface area contributed by atoms with Crippen LogP contribution in [0, 0.1) is 0 Å². The molecule has 0 aliphatic carbocycles. The van der Waals surface area contributed by atoms with Crippen LogP contribution in [-0.4, -0.2) is 23.3 Å². The summed E-state index contributed by atoms with van der Waals surface area (Å²) in [6, 6.07) is 4.82. The molecule has 0 aliphatic rings. The fourth-order valence-corrected chi connectivity index (χ4v) is 1.13. The van der Waals surface area contributed by atoms with Crippen LogP contribution in [0.15, 0.2) is 29.4 Å². The van der Waals surface area contributed by atoms with Crippen LogP contribution in [0.2, 0.25) is 0 Å². The van der Waals surface area contributed by atoms with E-state index in [-0.39, 0.29) is 5.56 Å². The lowest BCUT2D eigenvalue weighted by atomic mass is 10.1. The molecule has 0 aromatic heterocycles. The number of amides is 1. The van der Waals surface area contributed by atoms with Crippen molar-refractivity contribution in [1.29, 1.82) is 0 Å². The maximum Gasteiger partial charge on any atom is 0.417 e. The van der Waals surface area contributed by atoms with E-state index in [1.54, 1.807) is 0 Å². The van der Waals surface area contributed by atoms with Gasteiger partial charge < -0.3 is 5.11 Å². The van der Waals surface area contributed by atoms with Gasteiger partial charge in [0.1, 0.15) is 6.10 Å². The van der Waals surface area contributed by atoms with E-state index in [0.717, 1.165) is 12.3 Å². The van der Waals surface area contributed by atoms with Crippen molar-refractivity contribution in [3.05, 3.63) is 35.4 Å². The molecule has 4 nitrogen and oxygen atoms in total. The molecule has 18 heavy (non-hydrogen) atoms. The number of halogens is 3. The normalized spacial score (nSPS) is 13.6. The molecule has 1 atom stereocenters. The van der Waals surface area contributed by atoms with Gasteiger partial charge >= 0.3 is 6.18 Å².